The van der Waals surface area contributed by atoms with Crippen molar-refractivity contribution in [2.75, 3.05) is 5.32 Å². The molecule has 1 aromatic rings. The molecule has 0 unspecified atom stereocenters. The van der Waals surface area contributed by atoms with Crippen LogP contribution in [0.15, 0.2) is 23.4 Å². The van der Waals surface area contributed by atoms with Gasteiger partial charge in [0.25, 0.3) is 0 Å². The van der Waals surface area contributed by atoms with Crippen LogP contribution < -0.4 is 11.1 Å². The van der Waals surface area contributed by atoms with Crippen LogP contribution in [0.5, 0.6) is 0 Å². The minimum atomic E-state index is -0.601. The van der Waals surface area contributed by atoms with Crippen LogP contribution in [-0.2, 0) is 4.79 Å². The minimum Gasteiger partial charge on any atom is -0.409 e. The first-order valence-corrected chi connectivity index (χ1v) is 6.70. The minimum absolute atomic E-state index is 0.0149. The zero-order valence-corrected chi connectivity index (χ0v) is 11.1. The van der Waals surface area contributed by atoms with Crippen molar-refractivity contribution in [3.8, 4) is 0 Å². The summed E-state index contributed by atoms with van der Waals surface area (Å²) in [5.74, 6) is -0.963. The summed E-state index contributed by atoms with van der Waals surface area (Å²) in [6, 6.07) is 4.01. The topological polar surface area (TPSA) is 87.7 Å². The molecule has 6 heteroatoms. The Kier molecular flexibility index (Phi) is 4.55. The molecule has 1 aliphatic carbocycles. The fourth-order valence-corrected chi connectivity index (χ4v) is 2.46. The number of carbonyl (C=O) groups is 1. The molecule has 1 aromatic carbocycles. The van der Waals surface area contributed by atoms with Crippen molar-refractivity contribution in [2.45, 2.75) is 32.1 Å². The number of halogens is 1. The Morgan fingerprint density at radius 3 is 2.70 bits per heavy atom. The Morgan fingerprint density at radius 2 is 2.05 bits per heavy atom. The van der Waals surface area contributed by atoms with Crippen LogP contribution in [0.25, 0.3) is 0 Å². The van der Waals surface area contributed by atoms with Gasteiger partial charge >= 0.3 is 0 Å². The van der Waals surface area contributed by atoms with Crippen molar-refractivity contribution >= 4 is 17.4 Å². The van der Waals surface area contributed by atoms with E-state index in [0.29, 0.717) is 5.69 Å². The maximum absolute atomic E-state index is 13.5. The molecule has 5 nitrogen and oxygen atoms in total. The number of nitrogens with one attached hydrogen (secondary N) is 1. The molecule has 108 valence electrons. The summed E-state index contributed by atoms with van der Waals surface area (Å²) in [5, 5.41) is 14.1. The third-order valence-corrected chi connectivity index (χ3v) is 3.59. The molecule has 1 amide bonds. The number of amides is 1. The van der Waals surface area contributed by atoms with Crippen LogP contribution >= 0.6 is 0 Å². The Hall–Kier alpha value is -2.11. The second-order valence-electron chi connectivity index (χ2n) is 5.00. The molecule has 0 spiro atoms. The second-order valence-corrected chi connectivity index (χ2v) is 5.00. The van der Waals surface area contributed by atoms with Crippen LogP contribution in [0, 0.1) is 11.7 Å². The molecule has 2 rings (SSSR count). The van der Waals surface area contributed by atoms with Crippen LogP contribution in [-0.4, -0.2) is 17.0 Å². The van der Waals surface area contributed by atoms with E-state index < -0.39 is 5.82 Å². The lowest BCUT2D eigenvalue weighted by molar-refractivity contribution is -0.120. The predicted octanol–water partition coefficient (Wildman–Crippen LogP) is 2.44. The molecule has 1 aliphatic rings. The molecule has 0 atom stereocenters. The zero-order valence-electron chi connectivity index (χ0n) is 11.1. The third-order valence-electron chi connectivity index (χ3n) is 3.59. The van der Waals surface area contributed by atoms with Crippen molar-refractivity contribution in [2.24, 2.45) is 16.8 Å². The van der Waals surface area contributed by atoms with E-state index in [2.05, 4.69) is 10.5 Å². The normalized spacial score (nSPS) is 16.9. The Balaban J connectivity index is 2.11. The lowest BCUT2D eigenvalue weighted by Gasteiger charge is -2.20. The number of nitrogens with two attached hydrogens (primary N) is 1. The van der Waals surface area contributed by atoms with Gasteiger partial charge in [0.2, 0.25) is 5.91 Å². The zero-order chi connectivity index (χ0) is 14.5. The smallest absolute Gasteiger partial charge is 0.227 e. The highest BCUT2D eigenvalue weighted by molar-refractivity contribution is 5.99. The average molecular weight is 279 g/mol. The van der Waals surface area contributed by atoms with Gasteiger partial charge in [-0.3, -0.25) is 4.79 Å². The van der Waals surface area contributed by atoms with E-state index in [0.717, 1.165) is 25.7 Å². The van der Waals surface area contributed by atoms with Crippen molar-refractivity contribution in [3.63, 3.8) is 0 Å². The maximum atomic E-state index is 13.5. The second kappa shape index (κ2) is 6.36. The molecule has 0 aliphatic heterocycles. The average Bonchev–Trinajstić information content (AvgIpc) is 2.49. The molecular formula is C14H18FN3O2. The number of nitrogens with zero attached hydrogens (tertiary/aromatic N) is 1. The number of hydrogen-bond donors (Lipinski definition) is 3. The standard InChI is InChI=1S/C14H18FN3O2/c15-12-7-6-10(8-11(12)13(16)18-20)17-14(19)9-4-2-1-3-5-9/h6-9,20H,1-5H2,(H2,16,18)(H,17,19). The molecule has 20 heavy (non-hydrogen) atoms. The molecule has 0 aromatic heterocycles. The maximum Gasteiger partial charge on any atom is 0.227 e. The van der Waals surface area contributed by atoms with Gasteiger partial charge in [-0.15, -0.1) is 0 Å². The third kappa shape index (κ3) is 3.26. The van der Waals surface area contributed by atoms with Gasteiger partial charge in [-0.05, 0) is 31.0 Å². The molecule has 1 fully saturated rings. The fraction of sp³-hybridized carbons (Fsp3) is 0.429. The highest BCUT2D eigenvalue weighted by atomic mass is 19.1. The Labute approximate surface area is 116 Å². The van der Waals surface area contributed by atoms with E-state index in [1.54, 1.807) is 0 Å². The summed E-state index contributed by atoms with van der Waals surface area (Å²) in [5.41, 5.74) is 5.80. The van der Waals surface area contributed by atoms with Crippen LogP contribution in [0.3, 0.4) is 0 Å². The van der Waals surface area contributed by atoms with Crippen LogP contribution in [0.2, 0.25) is 0 Å². The van der Waals surface area contributed by atoms with Gasteiger partial charge in [-0.2, -0.15) is 0 Å². The highest BCUT2D eigenvalue weighted by Crippen LogP contribution is 2.25. The molecular weight excluding hydrogens is 261 g/mol. The van der Waals surface area contributed by atoms with E-state index in [9.17, 15) is 9.18 Å². The first kappa shape index (κ1) is 14.3. The summed E-state index contributed by atoms with van der Waals surface area (Å²) in [6.07, 6.45) is 5.09. The summed E-state index contributed by atoms with van der Waals surface area (Å²) in [4.78, 5) is 12.1. The van der Waals surface area contributed by atoms with Gasteiger partial charge in [-0.1, -0.05) is 24.4 Å². The number of anilines is 1. The first-order valence-electron chi connectivity index (χ1n) is 6.70. The highest BCUT2D eigenvalue weighted by Gasteiger charge is 2.21. The van der Waals surface area contributed by atoms with E-state index in [-0.39, 0.29) is 23.2 Å². The lowest BCUT2D eigenvalue weighted by Crippen LogP contribution is -2.25. The van der Waals surface area contributed by atoms with Crippen LogP contribution in [0.1, 0.15) is 37.7 Å². The first-order chi connectivity index (χ1) is 9.61. The van der Waals surface area contributed by atoms with Gasteiger partial charge in [0.15, 0.2) is 5.84 Å². The number of carbonyl (C=O) groups excluding carboxylic acids is 1. The molecule has 0 radical (unpaired) electrons. The van der Waals surface area contributed by atoms with Crippen molar-refractivity contribution < 1.29 is 14.4 Å². The SMILES string of the molecule is NC(=NO)c1cc(NC(=O)C2CCCCC2)ccc1F. The monoisotopic (exact) mass is 279 g/mol. The summed E-state index contributed by atoms with van der Waals surface area (Å²) < 4.78 is 13.5. The molecule has 1 saturated carbocycles. The van der Waals surface area contributed by atoms with E-state index in [1.807, 2.05) is 0 Å². The largest absolute Gasteiger partial charge is 0.409 e. The van der Waals surface area contributed by atoms with Crippen molar-refractivity contribution in [3.05, 3.63) is 29.6 Å². The molecule has 0 heterocycles. The number of amidine groups is 1. The summed E-state index contributed by atoms with van der Waals surface area (Å²) >= 11 is 0. The molecule has 0 saturated heterocycles. The van der Waals surface area contributed by atoms with Crippen molar-refractivity contribution in [1.29, 1.82) is 0 Å². The van der Waals surface area contributed by atoms with Gasteiger partial charge in [-0.25, -0.2) is 4.39 Å². The number of rotatable bonds is 3. The predicted molar refractivity (Wildman–Crippen MR) is 74.1 cm³/mol. The number of benzene rings is 1. The fourth-order valence-electron chi connectivity index (χ4n) is 2.46. The number of hydrogen-bond acceptors (Lipinski definition) is 3. The van der Waals surface area contributed by atoms with E-state index in [1.165, 1.54) is 24.6 Å². The van der Waals surface area contributed by atoms with Gasteiger partial charge in [0.1, 0.15) is 5.82 Å². The van der Waals surface area contributed by atoms with Gasteiger partial charge in [0, 0.05) is 11.6 Å². The summed E-state index contributed by atoms with van der Waals surface area (Å²) in [7, 11) is 0. The van der Waals surface area contributed by atoms with Gasteiger partial charge < -0.3 is 16.3 Å². The number of oxime groups is 1. The van der Waals surface area contributed by atoms with E-state index in [4.69, 9.17) is 10.9 Å². The molecule has 4 N–H and O–H groups in total. The van der Waals surface area contributed by atoms with Crippen LogP contribution in [0.4, 0.5) is 10.1 Å². The Bertz CT molecular complexity index is 525. The summed E-state index contributed by atoms with van der Waals surface area (Å²) in [6.45, 7) is 0. The lowest BCUT2D eigenvalue weighted by atomic mass is 9.88. The Morgan fingerprint density at radius 1 is 1.35 bits per heavy atom. The van der Waals surface area contributed by atoms with E-state index >= 15 is 0 Å². The molecule has 0 bridgehead atoms. The van der Waals surface area contributed by atoms with Gasteiger partial charge in [0.05, 0.1) is 5.56 Å². The quantitative estimate of drug-likeness (QED) is 0.344. The van der Waals surface area contributed by atoms with Crippen molar-refractivity contribution in [1.82, 2.24) is 0 Å².